The van der Waals surface area contributed by atoms with Gasteiger partial charge in [0.2, 0.25) is 0 Å². The topological polar surface area (TPSA) is 61.0 Å². The lowest BCUT2D eigenvalue weighted by molar-refractivity contribution is 0.151. The molecule has 116 valence electrons. The van der Waals surface area contributed by atoms with Crippen LogP contribution in [0.3, 0.4) is 0 Å². The molecule has 0 saturated carbocycles. The molecule has 2 atom stereocenters. The molecule has 2 aliphatic rings. The number of carbonyl (C=O) groups excluding carboxylic acids is 1. The fourth-order valence-electron chi connectivity index (χ4n) is 3.30. The van der Waals surface area contributed by atoms with Gasteiger partial charge in [0.25, 0.3) is 0 Å². The van der Waals surface area contributed by atoms with Crippen molar-refractivity contribution in [3.05, 3.63) is 18.0 Å². The molecule has 1 aromatic rings. The Kier molecular flexibility index (Phi) is 4.42. The third kappa shape index (κ3) is 3.36. The minimum absolute atomic E-state index is 0.0784. The van der Waals surface area contributed by atoms with Gasteiger partial charge in [-0.3, -0.25) is 5.10 Å². The van der Waals surface area contributed by atoms with Gasteiger partial charge in [-0.2, -0.15) is 16.9 Å². The van der Waals surface area contributed by atoms with E-state index in [4.69, 9.17) is 0 Å². The summed E-state index contributed by atoms with van der Waals surface area (Å²) in [5, 5.41) is 10.0. The molecule has 2 amide bonds. The molecule has 2 unspecified atom stereocenters. The Morgan fingerprint density at radius 3 is 3.19 bits per heavy atom. The minimum atomic E-state index is 0.0784. The molecule has 5 nitrogen and oxygen atoms in total. The van der Waals surface area contributed by atoms with Gasteiger partial charge in [-0.05, 0) is 44.8 Å². The number of likely N-dealkylation sites (tertiary alicyclic amines) is 1. The SMILES string of the molecule is CC1(CNC(=O)N2CCCCC2c2cn[nH]c2)CCCS1. The fourth-order valence-corrected chi connectivity index (χ4v) is 4.55. The number of hydrogen-bond acceptors (Lipinski definition) is 3. The third-order valence-corrected chi connectivity index (χ3v) is 6.12. The van der Waals surface area contributed by atoms with Gasteiger partial charge in [0, 0.05) is 29.6 Å². The molecule has 0 aromatic carbocycles. The van der Waals surface area contributed by atoms with Gasteiger partial charge in [0.15, 0.2) is 0 Å². The first-order valence-electron chi connectivity index (χ1n) is 7.85. The first kappa shape index (κ1) is 14.8. The molecule has 6 heteroatoms. The van der Waals surface area contributed by atoms with Crippen molar-refractivity contribution >= 4 is 17.8 Å². The van der Waals surface area contributed by atoms with Gasteiger partial charge in [-0.1, -0.05) is 0 Å². The number of piperidine rings is 1. The maximum atomic E-state index is 12.6. The average Bonchev–Trinajstić information content (AvgIpc) is 3.17. The number of amides is 2. The number of hydrogen-bond donors (Lipinski definition) is 2. The van der Waals surface area contributed by atoms with Gasteiger partial charge in [-0.15, -0.1) is 0 Å². The van der Waals surface area contributed by atoms with Gasteiger partial charge >= 0.3 is 6.03 Å². The van der Waals surface area contributed by atoms with Crippen molar-refractivity contribution in [2.75, 3.05) is 18.8 Å². The maximum absolute atomic E-state index is 12.6. The summed E-state index contributed by atoms with van der Waals surface area (Å²) in [7, 11) is 0. The van der Waals surface area contributed by atoms with Gasteiger partial charge < -0.3 is 10.2 Å². The summed E-state index contributed by atoms with van der Waals surface area (Å²) in [4.78, 5) is 14.6. The number of nitrogens with one attached hydrogen (secondary N) is 2. The molecular formula is C15H24N4OS. The van der Waals surface area contributed by atoms with Crippen molar-refractivity contribution in [2.45, 2.75) is 49.8 Å². The monoisotopic (exact) mass is 308 g/mol. The molecule has 3 heterocycles. The second-order valence-corrected chi connectivity index (χ2v) is 7.98. The summed E-state index contributed by atoms with van der Waals surface area (Å²) in [6.45, 7) is 3.87. The van der Waals surface area contributed by atoms with E-state index in [9.17, 15) is 4.79 Å². The van der Waals surface area contributed by atoms with E-state index < -0.39 is 0 Å². The molecule has 0 spiro atoms. The lowest BCUT2D eigenvalue weighted by atomic mass is 9.98. The number of thioether (sulfide) groups is 1. The molecule has 0 aliphatic carbocycles. The van der Waals surface area contributed by atoms with Crippen molar-refractivity contribution in [1.29, 1.82) is 0 Å². The van der Waals surface area contributed by atoms with Crippen molar-refractivity contribution in [1.82, 2.24) is 20.4 Å². The molecular weight excluding hydrogens is 284 g/mol. The van der Waals surface area contributed by atoms with E-state index in [2.05, 4.69) is 22.4 Å². The lowest BCUT2D eigenvalue weighted by Gasteiger charge is -2.36. The second kappa shape index (κ2) is 6.30. The molecule has 0 radical (unpaired) electrons. The van der Waals surface area contributed by atoms with Gasteiger partial charge in [0.05, 0.1) is 12.2 Å². The van der Waals surface area contributed by atoms with Crippen LogP contribution < -0.4 is 5.32 Å². The normalized spacial score (nSPS) is 29.6. The van der Waals surface area contributed by atoms with Crippen LogP contribution in [0.4, 0.5) is 4.79 Å². The first-order chi connectivity index (χ1) is 10.2. The molecule has 3 rings (SSSR count). The van der Waals surface area contributed by atoms with Crippen LogP contribution in [-0.4, -0.2) is 44.7 Å². The van der Waals surface area contributed by atoms with E-state index in [0.717, 1.165) is 31.5 Å². The smallest absolute Gasteiger partial charge is 0.317 e. The lowest BCUT2D eigenvalue weighted by Crippen LogP contribution is -2.47. The molecule has 2 saturated heterocycles. The standard InChI is InChI=1S/C15H24N4OS/c1-15(6-4-8-21-15)11-16-14(20)19-7-3-2-5-13(19)12-9-17-18-10-12/h9-10,13H,2-8,11H2,1H3,(H,16,20)(H,17,18). The van der Waals surface area contributed by atoms with E-state index in [0.29, 0.717) is 0 Å². The van der Waals surface area contributed by atoms with Crippen LogP contribution in [0.2, 0.25) is 0 Å². The predicted octanol–water partition coefficient (Wildman–Crippen LogP) is 2.93. The van der Waals surface area contributed by atoms with Crippen molar-refractivity contribution in [3.63, 3.8) is 0 Å². The van der Waals surface area contributed by atoms with Crippen LogP contribution in [0, 0.1) is 0 Å². The quantitative estimate of drug-likeness (QED) is 0.902. The van der Waals surface area contributed by atoms with Gasteiger partial charge in [-0.25, -0.2) is 4.79 Å². The molecule has 2 N–H and O–H groups in total. The number of carbonyl (C=O) groups is 1. The zero-order chi connectivity index (χ0) is 14.7. The van der Waals surface area contributed by atoms with E-state index in [1.165, 1.54) is 25.0 Å². The highest BCUT2D eigenvalue weighted by molar-refractivity contribution is 8.00. The Balaban J connectivity index is 1.61. The number of H-pyrrole nitrogens is 1. The molecule has 0 bridgehead atoms. The zero-order valence-electron chi connectivity index (χ0n) is 12.6. The third-order valence-electron chi connectivity index (χ3n) is 4.58. The fraction of sp³-hybridized carbons (Fsp3) is 0.733. The molecule has 1 aromatic heterocycles. The van der Waals surface area contributed by atoms with Crippen LogP contribution in [0.15, 0.2) is 12.4 Å². The van der Waals surface area contributed by atoms with E-state index in [1.54, 1.807) is 0 Å². The van der Waals surface area contributed by atoms with Crippen LogP contribution in [-0.2, 0) is 0 Å². The average molecular weight is 308 g/mol. The highest BCUT2D eigenvalue weighted by Gasteiger charge is 2.32. The van der Waals surface area contributed by atoms with Crippen LogP contribution in [0.1, 0.15) is 50.6 Å². The number of aromatic amines is 1. The number of aromatic nitrogens is 2. The van der Waals surface area contributed by atoms with Crippen LogP contribution in [0.5, 0.6) is 0 Å². The number of nitrogens with zero attached hydrogens (tertiary/aromatic N) is 2. The summed E-state index contributed by atoms with van der Waals surface area (Å²) in [6, 6.07) is 0.246. The Morgan fingerprint density at radius 1 is 1.57 bits per heavy atom. The molecule has 2 fully saturated rings. The van der Waals surface area contributed by atoms with Crippen molar-refractivity contribution in [2.24, 2.45) is 0 Å². The summed E-state index contributed by atoms with van der Waals surface area (Å²) >= 11 is 1.98. The minimum Gasteiger partial charge on any atom is -0.337 e. The Labute approximate surface area is 130 Å². The van der Waals surface area contributed by atoms with Crippen LogP contribution >= 0.6 is 11.8 Å². The van der Waals surface area contributed by atoms with Crippen LogP contribution in [0.25, 0.3) is 0 Å². The van der Waals surface area contributed by atoms with Crippen molar-refractivity contribution < 1.29 is 4.79 Å². The molecule has 21 heavy (non-hydrogen) atoms. The van der Waals surface area contributed by atoms with E-state index in [1.807, 2.05) is 29.1 Å². The first-order valence-corrected chi connectivity index (χ1v) is 8.84. The van der Waals surface area contributed by atoms with E-state index in [-0.39, 0.29) is 16.8 Å². The number of rotatable bonds is 3. The summed E-state index contributed by atoms with van der Waals surface area (Å²) in [5.41, 5.74) is 1.12. The Morgan fingerprint density at radius 2 is 2.48 bits per heavy atom. The Hall–Kier alpha value is -1.17. The highest BCUT2D eigenvalue weighted by atomic mass is 32.2. The summed E-state index contributed by atoms with van der Waals surface area (Å²) < 4.78 is 0.219. The summed E-state index contributed by atoms with van der Waals surface area (Å²) in [6.07, 6.45) is 9.50. The number of urea groups is 1. The summed E-state index contributed by atoms with van der Waals surface area (Å²) in [5.74, 6) is 1.22. The second-order valence-electron chi connectivity index (χ2n) is 6.30. The zero-order valence-corrected chi connectivity index (χ0v) is 13.4. The predicted molar refractivity (Wildman–Crippen MR) is 85.4 cm³/mol. The largest absolute Gasteiger partial charge is 0.337 e. The molecule has 2 aliphatic heterocycles. The maximum Gasteiger partial charge on any atom is 0.317 e. The van der Waals surface area contributed by atoms with Crippen molar-refractivity contribution in [3.8, 4) is 0 Å². The van der Waals surface area contributed by atoms with E-state index >= 15 is 0 Å². The van der Waals surface area contributed by atoms with Gasteiger partial charge in [0.1, 0.15) is 0 Å². The Bertz CT molecular complexity index is 470. The highest BCUT2D eigenvalue weighted by Crippen LogP contribution is 2.37.